The number of allylic oxidation sites excluding steroid dienone is 4. The molecule has 1 heterocycles. The van der Waals surface area contributed by atoms with E-state index >= 15 is 0 Å². The summed E-state index contributed by atoms with van der Waals surface area (Å²) in [5, 5.41) is 3.77. The van der Waals surface area contributed by atoms with Crippen molar-refractivity contribution in [3.63, 3.8) is 0 Å². The standard InChI is InChI=1S/C25H28ClF3N2O3S/c26-18-16-17(34-25(27,28)29)12-13-23(18)35-30-14-5-1-2-6-15-32-21-10-7-11-22-24(21)31-19-8-3-4-9-20(19)33-22/h7-13,16,22,24,30-31H,1-6,14-15H2. The van der Waals surface area contributed by atoms with Crippen LogP contribution in [0.4, 0.5) is 13.2 Å². The number of morpholine rings is 1. The lowest BCUT2D eigenvalue weighted by atomic mass is 9.98. The maximum atomic E-state index is 12.3. The number of fused-ring (bicyclic) bond motifs is 2. The zero-order valence-corrected chi connectivity index (χ0v) is 20.6. The van der Waals surface area contributed by atoms with Gasteiger partial charge in [0.05, 0.1) is 17.3 Å². The predicted molar refractivity (Wildman–Crippen MR) is 131 cm³/mol. The van der Waals surface area contributed by atoms with E-state index in [1.54, 1.807) is 0 Å². The molecular formula is C25H28ClF3N2O3S. The van der Waals surface area contributed by atoms with Gasteiger partial charge in [-0.2, -0.15) is 0 Å². The number of benzene rings is 1. The summed E-state index contributed by atoms with van der Waals surface area (Å²) < 4.78 is 56.1. The number of unbranched alkanes of at least 4 members (excludes halogenated alkanes) is 3. The fourth-order valence-corrected chi connectivity index (χ4v) is 4.96. The minimum Gasteiger partial charge on any atom is -0.496 e. The number of ether oxygens (including phenoxy) is 3. The highest BCUT2D eigenvalue weighted by atomic mass is 35.5. The van der Waals surface area contributed by atoms with Gasteiger partial charge in [-0.15, -0.1) is 13.2 Å². The largest absolute Gasteiger partial charge is 0.573 e. The fourth-order valence-electron chi connectivity index (χ4n) is 3.98. The summed E-state index contributed by atoms with van der Waals surface area (Å²) in [7, 11) is 0. The van der Waals surface area contributed by atoms with Gasteiger partial charge < -0.3 is 19.5 Å². The lowest BCUT2D eigenvalue weighted by Gasteiger charge is -2.38. The third-order valence-corrected chi connectivity index (χ3v) is 6.99. The van der Waals surface area contributed by atoms with Gasteiger partial charge in [-0.25, -0.2) is 0 Å². The Bertz CT molecular complexity index is 1010. The summed E-state index contributed by atoms with van der Waals surface area (Å²) in [6.45, 7) is 1.41. The van der Waals surface area contributed by atoms with E-state index in [1.165, 1.54) is 24.1 Å². The third kappa shape index (κ3) is 7.62. The molecule has 2 N–H and O–H groups in total. The molecule has 1 aliphatic heterocycles. The molecule has 5 nitrogen and oxygen atoms in total. The van der Waals surface area contributed by atoms with Crippen LogP contribution < -0.4 is 14.8 Å². The van der Waals surface area contributed by atoms with Crippen LogP contribution in [0.15, 0.2) is 70.7 Å². The molecule has 0 radical (unpaired) electrons. The van der Waals surface area contributed by atoms with Gasteiger partial charge >= 0.3 is 6.36 Å². The molecule has 190 valence electrons. The molecule has 1 saturated heterocycles. The summed E-state index contributed by atoms with van der Waals surface area (Å²) in [6, 6.07) is 3.92. The first-order chi connectivity index (χ1) is 16.9. The number of nitrogens with one attached hydrogen (secondary N) is 2. The van der Waals surface area contributed by atoms with Gasteiger partial charge in [0.25, 0.3) is 0 Å². The smallest absolute Gasteiger partial charge is 0.496 e. The van der Waals surface area contributed by atoms with Crippen molar-refractivity contribution in [2.75, 3.05) is 13.2 Å². The van der Waals surface area contributed by atoms with E-state index in [0.717, 1.165) is 68.4 Å². The number of rotatable bonds is 11. The van der Waals surface area contributed by atoms with Crippen molar-refractivity contribution >= 4 is 23.5 Å². The van der Waals surface area contributed by atoms with Gasteiger partial charge in [0, 0.05) is 17.5 Å². The maximum Gasteiger partial charge on any atom is 0.573 e. The molecule has 0 aromatic heterocycles. The van der Waals surface area contributed by atoms with Crippen molar-refractivity contribution in [1.29, 1.82) is 0 Å². The number of hydrogen-bond acceptors (Lipinski definition) is 6. The van der Waals surface area contributed by atoms with Gasteiger partial charge in [-0.3, -0.25) is 4.72 Å². The van der Waals surface area contributed by atoms with Crippen LogP contribution in [0.5, 0.6) is 5.75 Å². The minimum absolute atomic E-state index is 0.00337. The Morgan fingerprint density at radius 1 is 1.14 bits per heavy atom. The van der Waals surface area contributed by atoms with Crippen LogP contribution in [0.25, 0.3) is 0 Å². The van der Waals surface area contributed by atoms with Crippen LogP contribution in [0.3, 0.4) is 0 Å². The van der Waals surface area contributed by atoms with Gasteiger partial charge in [-0.1, -0.05) is 36.6 Å². The molecule has 2 unspecified atom stereocenters. The molecular weight excluding hydrogens is 501 g/mol. The second-order valence-corrected chi connectivity index (χ2v) is 9.66. The van der Waals surface area contributed by atoms with Crippen LogP contribution in [0.1, 0.15) is 38.5 Å². The van der Waals surface area contributed by atoms with Crippen molar-refractivity contribution in [3.05, 3.63) is 70.8 Å². The average molecular weight is 529 g/mol. The van der Waals surface area contributed by atoms with Gasteiger partial charge in [0.15, 0.2) is 0 Å². The van der Waals surface area contributed by atoms with E-state index in [0.29, 0.717) is 11.5 Å². The molecule has 0 amide bonds. The summed E-state index contributed by atoms with van der Waals surface area (Å²) in [5.74, 6) is 1.51. The molecule has 0 spiro atoms. The van der Waals surface area contributed by atoms with Crippen molar-refractivity contribution in [3.8, 4) is 5.75 Å². The molecule has 4 rings (SSSR count). The molecule has 1 aromatic carbocycles. The molecule has 2 aliphatic carbocycles. The van der Waals surface area contributed by atoms with E-state index in [-0.39, 0.29) is 22.9 Å². The Kier molecular flexibility index (Phi) is 8.97. The second-order valence-electron chi connectivity index (χ2n) is 8.32. The van der Waals surface area contributed by atoms with Gasteiger partial charge in [0.2, 0.25) is 0 Å². The summed E-state index contributed by atoms with van der Waals surface area (Å²) in [5.41, 5.74) is 1.06. The highest BCUT2D eigenvalue weighted by molar-refractivity contribution is 7.97. The molecule has 3 aliphatic rings. The Balaban J connectivity index is 1.08. The van der Waals surface area contributed by atoms with E-state index in [1.807, 2.05) is 12.2 Å². The molecule has 1 fully saturated rings. The van der Waals surface area contributed by atoms with E-state index in [9.17, 15) is 13.2 Å². The van der Waals surface area contributed by atoms with Crippen LogP contribution in [0, 0.1) is 0 Å². The van der Waals surface area contributed by atoms with E-state index < -0.39 is 6.36 Å². The van der Waals surface area contributed by atoms with Gasteiger partial charge in [-0.05, 0) is 68.0 Å². The van der Waals surface area contributed by atoms with E-state index in [4.69, 9.17) is 21.1 Å². The number of alkyl halides is 3. The third-order valence-electron chi connectivity index (χ3n) is 5.64. The topological polar surface area (TPSA) is 51.8 Å². The maximum absolute atomic E-state index is 12.3. The molecule has 0 saturated carbocycles. The second kappa shape index (κ2) is 12.1. The summed E-state index contributed by atoms with van der Waals surface area (Å²) in [6.07, 6.45) is 11.6. The SMILES string of the molecule is FC(F)(F)Oc1ccc(SNCCCCCCOC2=CC=CC3OC4=CCCC=C4NC23)c(Cl)c1. The van der Waals surface area contributed by atoms with Crippen LogP contribution in [-0.4, -0.2) is 31.7 Å². The van der Waals surface area contributed by atoms with Crippen LogP contribution in [-0.2, 0) is 9.47 Å². The lowest BCUT2D eigenvalue weighted by Crippen LogP contribution is -2.48. The van der Waals surface area contributed by atoms with Crippen molar-refractivity contribution in [2.24, 2.45) is 0 Å². The van der Waals surface area contributed by atoms with Crippen molar-refractivity contribution in [2.45, 2.75) is 61.9 Å². The number of hydrogen-bond donors (Lipinski definition) is 2. The Hall–Kier alpha value is -2.23. The Morgan fingerprint density at radius 3 is 2.80 bits per heavy atom. The molecule has 2 atom stereocenters. The lowest BCUT2D eigenvalue weighted by molar-refractivity contribution is -0.274. The first-order valence-corrected chi connectivity index (χ1v) is 12.9. The highest BCUT2D eigenvalue weighted by Crippen LogP contribution is 2.32. The number of halogens is 4. The molecule has 10 heteroatoms. The highest BCUT2D eigenvalue weighted by Gasteiger charge is 2.35. The Morgan fingerprint density at radius 2 is 1.97 bits per heavy atom. The van der Waals surface area contributed by atoms with Crippen molar-refractivity contribution in [1.82, 2.24) is 10.0 Å². The summed E-state index contributed by atoms with van der Waals surface area (Å²) >= 11 is 7.34. The zero-order chi connectivity index (χ0) is 24.7. The molecule has 0 bridgehead atoms. The Labute approximate surface area is 212 Å². The van der Waals surface area contributed by atoms with E-state index in [2.05, 4.69) is 33.0 Å². The van der Waals surface area contributed by atoms with Crippen LogP contribution in [0.2, 0.25) is 5.02 Å². The first-order valence-electron chi connectivity index (χ1n) is 11.7. The average Bonchev–Trinajstić information content (AvgIpc) is 2.82. The molecule has 1 aromatic rings. The molecule has 35 heavy (non-hydrogen) atoms. The zero-order valence-electron chi connectivity index (χ0n) is 19.1. The quantitative estimate of drug-likeness (QED) is 0.244. The van der Waals surface area contributed by atoms with Crippen LogP contribution >= 0.6 is 23.5 Å². The minimum atomic E-state index is -4.73. The van der Waals surface area contributed by atoms with Gasteiger partial charge in [0.1, 0.15) is 29.4 Å². The first kappa shape index (κ1) is 25.9. The normalized spacial score (nSPS) is 21.0. The predicted octanol–water partition coefficient (Wildman–Crippen LogP) is 6.78. The monoisotopic (exact) mass is 528 g/mol. The summed E-state index contributed by atoms with van der Waals surface area (Å²) in [4.78, 5) is 0.648. The van der Waals surface area contributed by atoms with Crippen molar-refractivity contribution < 1.29 is 27.4 Å². The fraction of sp³-hybridized carbons (Fsp3) is 0.440.